The van der Waals surface area contributed by atoms with Crippen molar-refractivity contribution in [1.82, 2.24) is 10.2 Å². The molecule has 21 heavy (non-hydrogen) atoms. The van der Waals surface area contributed by atoms with Gasteiger partial charge in [-0.25, -0.2) is 0 Å². The van der Waals surface area contributed by atoms with Gasteiger partial charge in [-0.3, -0.25) is 4.79 Å². The summed E-state index contributed by atoms with van der Waals surface area (Å²) in [5.41, 5.74) is -0.583. The molecule has 0 bridgehead atoms. The summed E-state index contributed by atoms with van der Waals surface area (Å²) in [6, 6.07) is 0.385. The van der Waals surface area contributed by atoms with Gasteiger partial charge in [0.05, 0.1) is 6.61 Å². The van der Waals surface area contributed by atoms with Crippen LogP contribution in [0.25, 0.3) is 0 Å². The summed E-state index contributed by atoms with van der Waals surface area (Å²) in [4.78, 5) is 14.9. The van der Waals surface area contributed by atoms with Crippen LogP contribution in [0, 0.1) is 11.8 Å². The predicted octanol–water partition coefficient (Wildman–Crippen LogP) is 2.67. The summed E-state index contributed by atoms with van der Waals surface area (Å²) in [7, 11) is 0. The Morgan fingerprint density at radius 2 is 1.90 bits per heavy atom. The van der Waals surface area contributed by atoms with E-state index in [1.165, 1.54) is 0 Å². The van der Waals surface area contributed by atoms with Crippen molar-refractivity contribution in [3.05, 3.63) is 0 Å². The van der Waals surface area contributed by atoms with Gasteiger partial charge in [0.25, 0.3) is 0 Å². The summed E-state index contributed by atoms with van der Waals surface area (Å²) in [5, 5.41) is 3.41. The molecule has 0 spiro atoms. The van der Waals surface area contributed by atoms with E-state index in [4.69, 9.17) is 4.74 Å². The predicted molar refractivity (Wildman–Crippen MR) is 87.3 cm³/mol. The lowest BCUT2D eigenvalue weighted by atomic mass is 9.92. The number of carbonyl (C=O) groups excluding carboxylic acids is 1. The van der Waals surface area contributed by atoms with Gasteiger partial charge in [0.15, 0.2) is 0 Å². The second-order valence-electron chi connectivity index (χ2n) is 6.94. The fourth-order valence-corrected chi connectivity index (χ4v) is 3.17. The molecule has 4 nitrogen and oxygen atoms in total. The Balaban J connectivity index is 2.69. The summed E-state index contributed by atoms with van der Waals surface area (Å²) >= 11 is 0. The molecule has 1 fully saturated rings. The number of nitrogens with zero attached hydrogens (tertiary/aromatic N) is 1. The topological polar surface area (TPSA) is 41.6 Å². The zero-order valence-corrected chi connectivity index (χ0v) is 14.7. The van der Waals surface area contributed by atoms with Crippen molar-refractivity contribution in [3.63, 3.8) is 0 Å². The van der Waals surface area contributed by atoms with Crippen LogP contribution in [0.3, 0.4) is 0 Å². The van der Waals surface area contributed by atoms with Crippen LogP contribution in [0.4, 0.5) is 0 Å². The van der Waals surface area contributed by atoms with Crippen molar-refractivity contribution in [2.45, 2.75) is 66.0 Å². The van der Waals surface area contributed by atoms with E-state index < -0.39 is 5.54 Å². The largest absolute Gasteiger partial charge is 0.465 e. The average molecular weight is 298 g/mol. The lowest BCUT2D eigenvalue weighted by Crippen LogP contribution is -2.54. The molecule has 124 valence electrons. The Bertz CT molecular complexity index is 325. The Morgan fingerprint density at radius 3 is 2.38 bits per heavy atom. The highest BCUT2D eigenvalue weighted by atomic mass is 16.5. The first kappa shape index (κ1) is 18.4. The minimum absolute atomic E-state index is 0.120. The fourth-order valence-electron chi connectivity index (χ4n) is 3.17. The molecule has 0 aromatic rings. The first-order chi connectivity index (χ1) is 9.84. The van der Waals surface area contributed by atoms with Gasteiger partial charge < -0.3 is 15.0 Å². The Labute approximate surface area is 130 Å². The summed E-state index contributed by atoms with van der Waals surface area (Å²) < 4.78 is 5.29. The van der Waals surface area contributed by atoms with Crippen LogP contribution < -0.4 is 5.32 Å². The molecule has 1 heterocycles. The average Bonchev–Trinajstić information content (AvgIpc) is 2.77. The molecule has 1 saturated heterocycles. The van der Waals surface area contributed by atoms with E-state index in [2.05, 4.69) is 37.9 Å². The number of carbonyl (C=O) groups is 1. The van der Waals surface area contributed by atoms with Crippen LogP contribution in [-0.2, 0) is 9.53 Å². The molecule has 0 amide bonds. The smallest absolute Gasteiger partial charge is 0.326 e. The molecule has 0 aromatic heterocycles. The molecule has 1 aliphatic heterocycles. The number of rotatable bonds is 8. The van der Waals surface area contributed by atoms with Crippen LogP contribution >= 0.6 is 0 Å². The molecule has 4 atom stereocenters. The van der Waals surface area contributed by atoms with Crippen LogP contribution in [-0.4, -0.2) is 48.7 Å². The third-order valence-electron chi connectivity index (χ3n) is 4.83. The van der Waals surface area contributed by atoms with Gasteiger partial charge in [-0.2, -0.15) is 0 Å². The molecule has 4 heteroatoms. The fraction of sp³-hybridized carbons (Fsp3) is 0.941. The van der Waals surface area contributed by atoms with E-state index >= 15 is 0 Å². The Kier molecular flexibility index (Phi) is 7.14. The highest BCUT2D eigenvalue weighted by Crippen LogP contribution is 2.27. The molecule has 0 saturated carbocycles. The van der Waals surface area contributed by atoms with E-state index in [0.29, 0.717) is 12.6 Å². The monoisotopic (exact) mass is 298 g/mol. The van der Waals surface area contributed by atoms with E-state index in [0.717, 1.165) is 44.3 Å². The second kappa shape index (κ2) is 8.14. The van der Waals surface area contributed by atoms with Gasteiger partial charge in [-0.15, -0.1) is 0 Å². The maximum atomic E-state index is 12.3. The highest BCUT2D eigenvalue weighted by Gasteiger charge is 2.38. The standard InChI is InChI=1S/C17H34N2O2/c1-7-9-18-17(6,16(20)21-8-2)10-15(5)19-11-13(3)14(4)12-19/h13-15,18H,7-12H2,1-6H3. The second-order valence-corrected chi connectivity index (χ2v) is 6.94. The van der Waals surface area contributed by atoms with Crippen LogP contribution in [0.1, 0.15) is 54.4 Å². The quantitative estimate of drug-likeness (QED) is 0.700. The van der Waals surface area contributed by atoms with Gasteiger partial charge in [0.1, 0.15) is 5.54 Å². The normalized spacial score (nSPS) is 27.3. The van der Waals surface area contributed by atoms with Crippen LogP contribution in [0.5, 0.6) is 0 Å². The first-order valence-electron chi connectivity index (χ1n) is 8.50. The molecule has 0 aliphatic carbocycles. The van der Waals surface area contributed by atoms with E-state index in [-0.39, 0.29) is 5.97 Å². The van der Waals surface area contributed by atoms with Gasteiger partial charge in [-0.05, 0) is 52.0 Å². The zero-order valence-electron chi connectivity index (χ0n) is 14.7. The maximum absolute atomic E-state index is 12.3. The third kappa shape index (κ3) is 4.96. The molecule has 1 N–H and O–H groups in total. The third-order valence-corrected chi connectivity index (χ3v) is 4.83. The van der Waals surface area contributed by atoms with Gasteiger partial charge in [-0.1, -0.05) is 20.8 Å². The summed E-state index contributed by atoms with van der Waals surface area (Å²) in [6.07, 6.45) is 1.81. The van der Waals surface area contributed by atoms with Crippen molar-refractivity contribution in [2.24, 2.45) is 11.8 Å². The van der Waals surface area contributed by atoms with Gasteiger partial charge in [0, 0.05) is 19.1 Å². The highest BCUT2D eigenvalue weighted by molar-refractivity contribution is 5.80. The van der Waals surface area contributed by atoms with Crippen molar-refractivity contribution < 1.29 is 9.53 Å². The Morgan fingerprint density at radius 1 is 1.33 bits per heavy atom. The molecule has 1 rings (SSSR count). The number of hydrogen-bond donors (Lipinski definition) is 1. The minimum Gasteiger partial charge on any atom is -0.465 e. The van der Waals surface area contributed by atoms with Crippen molar-refractivity contribution >= 4 is 5.97 Å². The Hall–Kier alpha value is -0.610. The van der Waals surface area contributed by atoms with Gasteiger partial charge in [0.2, 0.25) is 0 Å². The van der Waals surface area contributed by atoms with Crippen molar-refractivity contribution in [2.75, 3.05) is 26.2 Å². The lowest BCUT2D eigenvalue weighted by Gasteiger charge is -2.34. The SMILES string of the molecule is CCCNC(C)(CC(C)N1CC(C)C(C)C1)C(=O)OCC. The lowest BCUT2D eigenvalue weighted by molar-refractivity contribution is -0.151. The molecular weight excluding hydrogens is 264 g/mol. The number of likely N-dealkylation sites (tertiary alicyclic amines) is 1. The summed E-state index contributed by atoms with van der Waals surface area (Å²) in [5.74, 6) is 1.36. The van der Waals surface area contributed by atoms with E-state index in [1.54, 1.807) is 0 Å². The first-order valence-corrected chi connectivity index (χ1v) is 8.50. The molecule has 1 aliphatic rings. The van der Waals surface area contributed by atoms with E-state index in [9.17, 15) is 4.79 Å². The van der Waals surface area contributed by atoms with Gasteiger partial charge >= 0.3 is 5.97 Å². The number of nitrogens with one attached hydrogen (secondary N) is 1. The number of ether oxygens (including phenoxy) is 1. The van der Waals surface area contributed by atoms with Crippen LogP contribution in [0.2, 0.25) is 0 Å². The molecule has 0 radical (unpaired) electrons. The minimum atomic E-state index is -0.583. The summed E-state index contributed by atoms with van der Waals surface area (Å²) in [6.45, 7) is 16.4. The van der Waals surface area contributed by atoms with Crippen LogP contribution in [0.15, 0.2) is 0 Å². The van der Waals surface area contributed by atoms with Crippen molar-refractivity contribution in [3.8, 4) is 0 Å². The zero-order chi connectivity index (χ0) is 16.0. The molecule has 4 unspecified atom stereocenters. The maximum Gasteiger partial charge on any atom is 0.326 e. The number of hydrogen-bond acceptors (Lipinski definition) is 4. The molecule has 0 aromatic carbocycles. The van der Waals surface area contributed by atoms with Crippen molar-refractivity contribution in [1.29, 1.82) is 0 Å². The van der Waals surface area contributed by atoms with E-state index in [1.807, 2.05) is 13.8 Å². The molecular formula is C17H34N2O2. The number of esters is 1.